The number of hydrogen-bond donors (Lipinski definition) is 0. The SMILES string of the molecule is CCSC(C)(SCC)[C@@H](C)[C@@H](OC)c1ccccc1. The molecule has 0 heterocycles. The van der Waals surface area contributed by atoms with Gasteiger partial charge >= 0.3 is 0 Å². The molecule has 0 amide bonds. The number of ether oxygens (including phenoxy) is 1. The highest BCUT2D eigenvalue weighted by Gasteiger charge is 2.37. The van der Waals surface area contributed by atoms with E-state index >= 15 is 0 Å². The Morgan fingerprint density at radius 2 is 1.63 bits per heavy atom. The van der Waals surface area contributed by atoms with Gasteiger partial charge in [0.25, 0.3) is 0 Å². The van der Waals surface area contributed by atoms with Crippen LogP contribution in [0.15, 0.2) is 30.3 Å². The topological polar surface area (TPSA) is 9.23 Å². The minimum absolute atomic E-state index is 0.157. The third-order valence-corrected chi connectivity index (χ3v) is 6.70. The van der Waals surface area contributed by atoms with Gasteiger partial charge in [-0.15, -0.1) is 23.5 Å². The molecular weight excluding hydrogens is 272 g/mol. The zero-order chi connectivity index (χ0) is 14.3. The van der Waals surface area contributed by atoms with Crippen molar-refractivity contribution in [3.05, 3.63) is 35.9 Å². The molecule has 19 heavy (non-hydrogen) atoms. The molecule has 0 N–H and O–H groups in total. The van der Waals surface area contributed by atoms with Crippen molar-refractivity contribution in [2.45, 2.75) is 37.9 Å². The number of hydrogen-bond acceptors (Lipinski definition) is 3. The maximum absolute atomic E-state index is 5.81. The molecule has 1 nitrogen and oxygen atoms in total. The van der Waals surface area contributed by atoms with Crippen LogP contribution in [-0.2, 0) is 4.74 Å². The monoisotopic (exact) mass is 298 g/mol. The maximum Gasteiger partial charge on any atom is 0.0867 e. The number of thioether (sulfide) groups is 2. The summed E-state index contributed by atoms with van der Waals surface area (Å²) in [5.74, 6) is 2.73. The van der Waals surface area contributed by atoms with Crippen LogP contribution in [-0.4, -0.2) is 22.7 Å². The van der Waals surface area contributed by atoms with Gasteiger partial charge in [0.15, 0.2) is 0 Å². The molecule has 0 aliphatic carbocycles. The van der Waals surface area contributed by atoms with Crippen LogP contribution in [0.3, 0.4) is 0 Å². The Labute approximate surface area is 126 Å². The van der Waals surface area contributed by atoms with Crippen molar-refractivity contribution in [3.8, 4) is 0 Å². The zero-order valence-electron chi connectivity index (χ0n) is 12.7. The number of benzene rings is 1. The summed E-state index contributed by atoms with van der Waals surface area (Å²) in [6, 6.07) is 10.6. The van der Waals surface area contributed by atoms with Crippen molar-refractivity contribution >= 4 is 23.5 Å². The Bertz CT molecular complexity index is 347. The van der Waals surface area contributed by atoms with Crippen molar-refractivity contribution < 1.29 is 4.74 Å². The molecule has 0 aromatic heterocycles. The van der Waals surface area contributed by atoms with Gasteiger partial charge in [0.1, 0.15) is 0 Å². The van der Waals surface area contributed by atoms with E-state index in [1.165, 1.54) is 5.56 Å². The van der Waals surface area contributed by atoms with Crippen molar-refractivity contribution in [1.82, 2.24) is 0 Å². The minimum Gasteiger partial charge on any atom is -0.376 e. The quantitative estimate of drug-likeness (QED) is 0.608. The Hall–Kier alpha value is -0.120. The minimum atomic E-state index is 0.157. The highest BCUT2D eigenvalue weighted by molar-refractivity contribution is 8.18. The molecule has 0 radical (unpaired) electrons. The Morgan fingerprint density at radius 1 is 1.11 bits per heavy atom. The van der Waals surface area contributed by atoms with E-state index in [0.29, 0.717) is 5.92 Å². The molecule has 0 saturated carbocycles. The fourth-order valence-electron chi connectivity index (χ4n) is 2.42. The fourth-order valence-corrected chi connectivity index (χ4v) is 5.38. The molecular formula is C16H26OS2. The van der Waals surface area contributed by atoms with E-state index < -0.39 is 0 Å². The number of methoxy groups -OCH3 is 1. The summed E-state index contributed by atoms with van der Waals surface area (Å²) < 4.78 is 6.00. The first-order valence-corrected chi connectivity index (χ1v) is 8.91. The molecule has 1 aromatic rings. The molecule has 2 atom stereocenters. The van der Waals surface area contributed by atoms with E-state index in [-0.39, 0.29) is 10.2 Å². The summed E-state index contributed by atoms with van der Waals surface area (Å²) in [6.07, 6.45) is 0.157. The van der Waals surface area contributed by atoms with E-state index in [0.717, 1.165) is 11.5 Å². The molecule has 0 spiro atoms. The maximum atomic E-state index is 5.81. The van der Waals surface area contributed by atoms with Crippen molar-refractivity contribution in [2.75, 3.05) is 18.6 Å². The van der Waals surface area contributed by atoms with Crippen LogP contribution in [0.25, 0.3) is 0 Å². The van der Waals surface area contributed by atoms with Crippen LogP contribution in [0.1, 0.15) is 39.4 Å². The van der Waals surface area contributed by atoms with Crippen LogP contribution in [0, 0.1) is 5.92 Å². The summed E-state index contributed by atoms with van der Waals surface area (Å²) >= 11 is 4.07. The normalized spacial score (nSPS) is 15.2. The van der Waals surface area contributed by atoms with Crippen LogP contribution >= 0.6 is 23.5 Å². The average Bonchev–Trinajstić information content (AvgIpc) is 2.41. The molecule has 108 valence electrons. The largest absolute Gasteiger partial charge is 0.376 e. The van der Waals surface area contributed by atoms with Gasteiger partial charge in [-0.1, -0.05) is 51.1 Å². The predicted molar refractivity (Wildman–Crippen MR) is 90.0 cm³/mol. The van der Waals surface area contributed by atoms with Crippen molar-refractivity contribution in [3.63, 3.8) is 0 Å². The Balaban J connectivity index is 2.95. The fraction of sp³-hybridized carbons (Fsp3) is 0.625. The van der Waals surface area contributed by atoms with E-state index in [9.17, 15) is 0 Å². The smallest absolute Gasteiger partial charge is 0.0867 e. The van der Waals surface area contributed by atoms with Crippen LogP contribution < -0.4 is 0 Å². The summed E-state index contributed by atoms with van der Waals surface area (Å²) in [7, 11) is 1.82. The van der Waals surface area contributed by atoms with Gasteiger partial charge in [0, 0.05) is 13.0 Å². The molecule has 0 saturated heterocycles. The van der Waals surface area contributed by atoms with Crippen LogP contribution in [0.4, 0.5) is 0 Å². The third-order valence-electron chi connectivity index (χ3n) is 3.53. The second-order valence-electron chi connectivity index (χ2n) is 4.74. The van der Waals surface area contributed by atoms with E-state index in [4.69, 9.17) is 4.74 Å². The average molecular weight is 299 g/mol. The molecule has 3 heteroatoms. The lowest BCUT2D eigenvalue weighted by Crippen LogP contribution is -2.32. The van der Waals surface area contributed by atoms with Gasteiger partial charge in [-0.2, -0.15) is 0 Å². The Morgan fingerprint density at radius 3 is 2.05 bits per heavy atom. The van der Waals surface area contributed by atoms with E-state index in [1.54, 1.807) is 0 Å². The van der Waals surface area contributed by atoms with Gasteiger partial charge in [0.2, 0.25) is 0 Å². The lowest BCUT2D eigenvalue weighted by molar-refractivity contribution is 0.0551. The van der Waals surface area contributed by atoms with Crippen molar-refractivity contribution in [2.24, 2.45) is 5.92 Å². The van der Waals surface area contributed by atoms with Gasteiger partial charge in [-0.25, -0.2) is 0 Å². The van der Waals surface area contributed by atoms with Gasteiger partial charge in [-0.3, -0.25) is 0 Å². The molecule has 1 rings (SSSR count). The van der Waals surface area contributed by atoms with Crippen molar-refractivity contribution in [1.29, 1.82) is 0 Å². The first-order chi connectivity index (χ1) is 9.09. The summed E-state index contributed by atoms with van der Waals surface area (Å²) in [5.41, 5.74) is 1.28. The highest BCUT2D eigenvalue weighted by atomic mass is 32.2. The van der Waals surface area contributed by atoms with Gasteiger partial charge in [0.05, 0.1) is 10.2 Å². The summed E-state index contributed by atoms with van der Waals surface area (Å²) in [4.78, 5) is 0. The standard InChI is InChI=1S/C16H26OS2/c1-6-18-16(4,19-7-2)13(3)15(17-5)14-11-9-8-10-12-14/h8-13,15H,6-7H2,1-5H3/t13-,15+/m0/s1. The van der Waals surface area contributed by atoms with Gasteiger partial charge in [-0.05, 0) is 24.0 Å². The van der Waals surface area contributed by atoms with Gasteiger partial charge < -0.3 is 4.74 Å². The highest BCUT2D eigenvalue weighted by Crippen LogP contribution is 2.48. The lowest BCUT2D eigenvalue weighted by atomic mass is 9.94. The predicted octanol–water partition coefficient (Wildman–Crippen LogP) is 5.23. The lowest BCUT2D eigenvalue weighted by Gasteiger charge is -2.38. The second kappa shape index (κ2) is 8.23. The van der Waals surface area contributed by atoms with E-state index in [1.807, 2.05) is 30.6 Å². The molecule has 0 unspecified atom stereocenters. The molecule has 0 fully saturated rings. The zero-order valence-corrected chi connectivity index (χ0v) is 14.3. The Kier molecular flexibility index (Phi) is 7.33. The first-order valence-electron chi connectivity index (χ1n) is 6.94. The molecule has 1 aromatic carbocycles. The molecule has 0 aliphatic rings. The summed E-state index contributed by atoms with van der Waals surface area (Å²) in [5, 5.41) is 0. The first kappa shape index (κ1) is 16.9. The van der Waals surface area contributed by atoms with Crippen LogP contribution in [0.2, 0.25) is 0 Å². The van der Waals surface area contributed by atoms with Crippen LogP contribution in [0.5, 0.6) is 0 Å². The third kappa shape index (κ3) is 4.44. The van der Waals surface area contributed by atoms with E-state index in [2.05, 4.69) is 58.0 Å². The summed E-state index contributed by atoms with van der Waals surface area (Å²) in [6.45, 7) is 9.13. The molecule has 0 bridgehead atoms. The second-order valence-corrected chi connectivity index (χ2v) is 8.42. The number of rotatable bonds is 8. The molecule has 0 aliphatic heterocycles.